The van der Waals surface area contributed by atoms with Crippen LogP contribution in [0.1, 0.15) is 35.2 Å². The fourth-order valence-electron chi connectivity index (χ4n) is 2.56. The van der Waals surface area contributed by atoms with Gasteiger partial charge in [-0.05, 0) is 65.5 Å². The highest BCUT2D eigenvalue weighted by Crippen LogP contribution is 2.36. The molecule has 0 amide bonds. The molecule has 1 unspecified atom stereocenters. The Morgan fingerprint density at radius 2 is 1.67 bits per heavy atom. The van der Waals surface area contributed by atoms with Crippen LogP contribution in [0.25, 0.3) is 0 Å². The number of thiophene rings is 1. The van der Waals surface area contributed by atoms with Crippen molar-refractivity contribution in [3.8, 4) is 11.5 Å². The van der Waals surface area contributed by atoms with Crippen LogP contribution in [0.3, 0.4) is 0 Å². The van der Waals surface area contributed by atoms with Gasteiger partial charge in [-0.15, -0.1) is 0 Å². The van der Waals surface area contributed by atoms with Gasteiger partial charge in [0.25, 0.3) is 0 Å². The van der Waals surface area contributed by atoms with Gasteiger partial charge in [0.2, 0.25) is 0 Å². The zero-order valence-electron chi connectivity index (χ0n) is 13.3. The molecule has 0 saturated heterocycles. The molecule has 0 radical (unpaired) electrons. The van der Waals surface area contributed by atoms with Crippen LogP contribution in [-0.4, -0.2) is 20.8 Å². The molecule has 0 bridgehead atoms. The van der Waals surface area contributed by atoms with Crippen LogP contribution in [0, 0.1) is 13.8 Å². The third-order valence-electron chi connectivity index (χ3n) is 3.70. The van der Waals surface area contributed by atoms with E-state index in [-0.39, 0.29) is 6.04 Å². The second-order valence-corrected chi connectivity index (χ2v) is 5.81. The lowest BCUT2D eigenvalue weighted by atomic mass is 9.94. The van der Waals surface area contributed by atoms with Crippen LogP contribution in [0.15, 0.2) is 22.9 Å². The van der Waals surface area contributed by atoms with E-state index in [1.54, 1.807) is 25.6 Å². The first kappa shape index (κ1) is 15.9. The van der Waals surface area contributed by atoms with Gasteiger partial charge in [0.05, 0.1) is 20.3 Å². The lowest BCUT2D eigenvalue weighted by Crippen LogP contribution is -2.23. The Bertz CT molecular complexity index is 607. The van der Waals surface area contributed by atoms with E-state index in [9.17, 15) is 0 Å². The quantitative estimate of drug-likeness (QED) is 0.872. The molecular weight excluding hydrogens is 282 g/mol. The van der Waals surface area contributed by atoms with Crippen molar-refractivity contribution in [2.75, 3.05) is 20.8 Å². The van der Waals surface area contributed by atoms with Crippen LogP contribution in [0.4, 0.5) is 0 Å². The fraction of sp³-hybridized carbons (Fsp3) is 0.412. The summed E-state index contributed by atoms with van der Waals surface area (Å²) < 4.78 is 10.8. The van der Waals surface area contributed by atoms with Gasteiger partial charge in [-0.2, -0.15) is 11.3 Å². The maximum Gasteiger partial charge on any atom is 0.161 e. The number of methoxy groups -OCH3 is 2. The van der Waals surface area contributed by atoms with E-state index in [0.29, 0.717) is 0 Å². The van der Waals surface area contributed by atoms with Crippen LogP contribution in [0.5, 0.6) is 11.5 Å². The molecule has 0 spiro atoms. The molecule has 2 aromatic rings. The average molecular weight is 305 g/mol. The normalized spacial score (nSPS) is 12.2. The standard InChI is InChI=1S/C17H23NO2S/c1-6-18-17(14-10-21-9-12(14)3)13-8-16(20-5)15(19-4)7-11(13)2/h7-10,17-18H,6H2,1-5H3. The number of benzene rings is 1. The van der Waals surface area contributed by atoms with E-state index in [1.807, 2.05) is 6.07 Å². The van der Waals surface area contributed by atoms with E-state index in [2.05, 4.69) is 42.9 Å². The minimum atomic E-state index is 0.182. The molecule has 0 fully saturated rings. The van der Waals surface area contributed by atoms with Crippen molar-refractivity contribution >= 4 is 11.3 Å². The second kappa shape index (κ2) is 6.96. The first-order valence-electron chi connectivity index (χ1n) is 7.10. The molecule has 4 heteroatoms. The maximum atomic E-state index is 5.46. The van der Waals surface area contributed by atoms with E-state index >= 15 is 0 Å². The molecular formula is C17H23NO2S. The lowest BCUT2D eigenvalue weighted by molar-refractivity contribution is 0.354. The Hall–Kier alpha value is -1.52. The zero-order valence-corrected chi connectivity index (χ0v) is 14.1. The van der Waals surface area contributed by atoms with Crippen molar-refractivity contribution in [2.24, 2.45) is 0 Å². The average Bonchev–Trinajstić information content (AvgIpc) is 2.90. The number of rotatable bonds is 6. The summed E-state index contributed by atoms with van der Waals surface area (Å²) in [6, 6.07) is 4.31. The topological polar surface area (TPSA) is 30.5 Å². The third-order valence-corrected chi connectivity index (χ3v) is 4.58. The lowest BCUT2D eigenvalue weighted by Gasteiger charge is -2.22. The maximum absolute atomic E-state index is 5.46. The van der Waals surface area contributed by atoms with E-state index in [4.69, 9.17) is 9.47 Å². The first-order chi connectivity index (χ1) is 10.1. The Morgan fingerprint density at radius 1 is 1.00 bits per heavy atom. The predicted octanol–water partition coefficient (Wildman–Crippen LogP) is 4.08. The largest absolute Gasteiger partial charge is 0.493 e. The molecule has 0 saturated carbocycles. The van der Waals surface area contributed by atoms with Gasteiger partial charge in [-0.25, -0.2) is 0 Å². The number of hydrogen-bond acceptors (Lipinski definition) is 4. The molecule has 114 valence electrons. The van der Waals surface area contributed by atoms with E-state index in [0.717, 1.165) is 18.0 Å². The van der Waals surface area contributed by atoms with Crippen LogP contribution in [-0.2, 0) is 0 Å². The van der Waals surface area contributed by atoms with E-state index in [1.165, 1.54) is 22.3 Å². The summed E-state index contributed by atoms with van der Waals surface area (Å²) in [6.45, 7) is 7.31. The first-order valence-corrected chi connectivity index (χ1v) is 8.05. The SMILES string of the molecule is CCNC(c1cscc1C)c1cc(OC)c(OC)cc1C. The Morgan fingerprint density at radius 3 is 2.19 bits per heavy atom. The highest BCUT2D eigenvalue weighted by Gasteiger charge is 2.20. The number of hydrogen-bond donors (Lipinski definition) is 1. The number of nitrogens with one attached hydrogen (secondary N) is 1. The van der Waals surface area contributed by atoms with E-state index < -0.39 is 0 Å². The monoisotopic (exact) mass is 305 g/mol. The summed E-state index contributed by atoms with van der Waals surface area (Å²) >= 11 is 1.74. The number of ether oxygens (including phenoxy) is 2. The molecule has 1 aromatic carbocycles. The zero-order chi connectivity index (χ0) is 15.4. The van der Waals surface area contributed by atoms with Crippen molar-refractivity contribution < 1.29 is 9.47 Å². The summed E-state index contributed by atoms with van der Waals surface area (Å²) in [4.78, 5) is 0. The molecule has 1 aromatic heterocycles. The molecule has 0 aliphatic carbocycles. The molecule has 0 aliphatic heterocycles. The molecule has 1 N–H and O–H groups in total. The Labute approximate surface area is 130 Å². The summed E-state index contributed by atoms with van der Waals surface area (Å²) in [5.74, 6) is 1.55. The van der Waals surface area contributed by atoms with Crippen molar-refractivity contribution in [3.05, 3.63) is 45.1 Å². The minimum absolute atomic E-state index is 0.182. The van der Waals surface area contributed by atoms with Crippen molar-refractivity contribution in [2.45, 2.75) is 26.8 Å². The molecule has 0 aliphatic rings. The predicted molar refractivity (Wildman–Crippen MR) is 88.9 cm³/mol. The van der Waals surface area contributed by atoms with Gasteiger partial charge in [-0.3, -0.25) is 0 Å². The Kier molecular flexibility index (Phi) is 5.26. The second-order valence-electron chi connectivity index (χ2n) is 5.06. The van der Waals surface area contributed by atoms with Gasteiger partial charge in [0, 0.05) is 0 Å². The third kappa shape index (κ3) is 3.22. The van der Waals surface area contributed by atoms with Gasteiger partial charge >= 0.3 is 0 Å². The Balaban J connectivity index is 2.53. The number of aryl methyl sites for hydroxylation is 2. The van der Waals surface area contributed by atoms with Crippen molar-refractivity contribution in [1.82, 2.24) is 5.32 Å². The highest BCUT2D eigenvalue weighted by atomic mass is 32.1. The van der Waals surface area contributed by atoms with Gasteiger partial charge in [0.1, 0.15) is 0 Å². The van der Waals surface area contributed by atoms with Crippen molar-refractivity contribution in [1.29, 1.82) is 0 Å². The fourth-order valence-corrected chi connectivity index (χ4v) is 3.44. The summed E-state index contributed by atoms with van der Waals surface area (Å²) in [5.41, 5.74) is 5.08. The molecule has 2 rings (SSSR count). The van der Waals surface area contributed by atoms with Crippen molar-refractivity contribution in [3.63, 3.8) is 0 Å². The van der Waals surface area contributed by atoms with Crippen LogP contribution in [0.2, 0.25) is 0 Å². The van der Waals surface area contributed by atoms with Gasteiger partial charge < -0.3 is 14.8 Å². The summed E-state index contributed by atoms with van der Waals surface area (Å²) in [7, 11) is 3.34. The van der Waals surface area contributed by atoms with Gasteiger partial charge in [0.15, 0.2) is 11.5 Å². The minimum Gasteiger partial charge on any atom is -0.493 e. The summed E-state index contributed by atoms with van der Waals surface area (Å²) in [5, 5.41) is 7.99. The summed E-state index contributed by atoms with van der Waals surface area (Å²) in [6.07, 6.45) is 0. The molecule has 1 atom stereocenters. The molecule has 3 nitrogen and oxygen atoms in total. The molecule has 1 heterocycles. The van der Waals surface area contributed by atoms with Crippen LogP contribution >= 0.6 is 11.3 Å². The van der Waals surface area contributed by atoms with Crippen LogP contribution < -0.4 is 14.8 Å². The molecule has 21 heavy (non-hydrogen) atoms. The van der Waals surface area contributed by atoms with Gasteiger partial charge in [-0.1, -0.05) is 6.92 Å². The highest BCUT2D eigenvalue weighted by molar-refractivity contribution is 7.08. The smallest absolute Gasteiger partial charge is 0.161 e.